The number of unbranched alkanes of at least 4 members (excludes halogenated alkanes) is 20. The van der Waals surface area contributed by atoms with E-state index in [2.05, 4.69) is 39.6 Å². The molecule has 2 N–H and O–H groups in total. The van der Waals surface area contributed by atoms with E-state index in [1.807, 2.05) is 18.5 Å². The molecule has 0 saturated carbocycles. The van der Waals surface area contributed by atoms with E-state index in [1.54, 1.807) is 5.57 Å². The second-order valence-corrected chi connectivity index (χ2v) is 13.2. The number of aromatic nitrogens is 1. The molecule has 0 aliphatic carbocycles. The summed E-state index contributed by atoms with van der Waals surface area (Å²) in [5.41, 5.74) is 3.01. The Kier molecular flexibility index (Phi) is 24.5. The first kappa shape index (κ1) is 38.0. The fourth-order valence-electron chi connectivity index (χ4n) is 6.28. The van der Waals surface area contributed by atoms with E-state index in [1.165, 1.54) is 166 Å². The Hall–Kier alpha value is -2.14. The van der Waals surface area contributed by atoms with Crippen LogP contribution in [-0.4, -0.2) is 47.1 Å². The molecule has 0 fully saturated rings. The summed E-state index contributed by atoms with van der Waals surface area (Å²) in [6.45, 7) is 3.92. The minimum absolute atomic E-state index is 0.227. The molecule has 0 saturated heterocycles. The number of nitrogens with one attached hydrogen (secondary N) is 1. The molecule has 44 heavy (non-hydrogen) atoms. The van der Waals surface area contributed by atoms with Gasteiger partial charge < -0.3 is 15.3 Å². The SMILES string of the molecule is O=C(O)CCNCCCCCCCCCCCCCC1=CC=CN(CCCCCCCCCCCCCc2cccnc2)C1. The summed E-state index contributed by atoms with van der Waals surface area (Å²) in [5.74, 6) is -0.716. The molecule has 1 aliphatic rings. The van der Waals surface area contributed by atoms with Gasteiger partial charge in [0.05, 0.1) is 6.42 Å². The maximum absolute atomic E-state index is 10.5. The van der Waals surface area contributed by atoms with Crippen molar-refractivity contribution in [1.82, 2.24) is 15.2 Å². The van der Waals surface area contributed by atoms with E-state index in [9.17, 15) is 4.79 Å². The van der Waals surface area contributed by atoms with Gasteiger partial charge in [-0.05, 0) is 69.0 Å². The number of hydrogen-bond acceptors (Lipinski definition) is 4. The van der Waals surface area contributed by atoms with Gasteiger partial charge in [-0.25, -0.2) is 0 Å². The summed E-state index contributed by atoms with van der Waals surface area (Å²) in [7, 11) is 0. The number of carboxylic acids is 1. The van der Waals surface area contributed by atoms with Crippen molar-refractivity contribution in [1.29, 1.82) is 0 Å². The molecule has 2 rings (SSSR count). The molecule has 0 atom stereocenters. The molecule has 250 valence electrons. The summed E-state index contributed by atoms with van der Waals surface area (Å²) in [6, 6.07) is 4.24. The Morgan fingerprint density at radius 2 is 1.25 bits per heavy atom. The molecule has 0 radical (unpaired) electrons. The van der Waals surface area contributed by atoms with Gasteiger partial charge in [0, 0.05) is 32.0 Å². The number of allylic oxidation sites excluding steroid dienone is 2. The third-order valence-electron chi connectivity index (χ3n) is 9.04. The van der Waals surface area contributed by atoms with Gasteiger partial charge in [0.1, 0.15) is 0 Å². The summed E-state index contributed by atoms with van der Waals surface area (Å²) in [5, 5.41) is 11.8. The highest BCUT2D eigenvalue weighted by Gasteiger charge is 2.07. The quantitative estimate of drug-likeness (QED) is 0.0820. The van der Waals surface area contributed by atoms with Crippen LogP contribution in [0.25, 0.3) is 0 Å². The van der Waals surface area contributed by atoms with Crippen LogP contribution in [0.3, 0.4) is 0 Å². The maximum atomic E-state index is 10.5. The smallest absolute Gasteiger partial charge is 0.304 e. The predicted octanol–water partition coefficient (Wildman–Crippen LogP) is 10.4. The van der Waals surface area contributed by atoms with Crippen LogP contribution in [-0.2, 0) is 11.2 Å². The Bertz CT molecular complexity index is 854. The topological polar surface area (TPSA) is 65.5 Å². The van der Waals surface area contributed by atoms with Gasteiger partial charge in [0.2, 0.25) is 0 Å². The highest BCUT2D eigenvalue weighted by molar-refractivity contribution is 5.66. The zero-order valence-electron chi connectivity index (χ0n) is 28.3. The van der Waals surface area contributed by atoms with Crippen LogP contribution in [0.2, 0.25) is 0 Å². The van der Waals surface area contributed by atoms with Crippen molar-refractivity contribution in [2.45, 2.75) is 161 Å². The molecular formula is C39H67N3O2. The number of carboxylic acid groups (broad SMARTS) is 1. The number of hydrogen-bond donors (Lipinski definition) is 2. The molecule has 1 aromatic heterocycles. The van der Waals surface area contributed by atoms with Gasteiger partial charge in [-0.3, -0.25) is 9.78 Å². The number of aryl methyl sites for hydroxylation is 1. The molecule has 0 amide bonds. The van der Waals surface area contributed by atoms with Gasteiger partial charge >= 0.3 is 5.97 Å². The molecule has 0 unspecified atom stereocenters. The average molecular weight is 610 g/mol. The molecule has 1 aromatic rings. The van der Waals surface area contributed by atoms with Crippen molar-refractivity contribution in [3.05, 3.63) is 54.0 Å². The summed E-state index contributed by atoms with van der Waals surface area (Å²) < 4.78 is 0. The van der Waals surface area contributed by atoms with E-state index < -0.39 is 5.97 Å². The minimum Gasteiger partial charge on any atom is -0.481 e. The summed E-state index contributed by atoms with van der Waals surface area (Å²) in [4.78, 5) is 17.2. The molecule has 0 aromatic carbocycles. The fourth-order valence-corrected chi connectivity index (χ4v) is 6.28. The Morgan fingerprint density at radius 3 is 1.82 bits per heavy atom. The van der Waals surface area contributed by atoms with Crippen molar-refractivity contribution in [2.24, 2.45) is 0 Å². The molecule has 2 heterocycles. The maximum Gasteiger partial charge on any atom is 0.304 e. The van der Waals surface area contributed by atoms with Crippen LogP contribution in [0.15, 0.2) is 48.5 Å². The van der Waals surface area contributed by atoms with E-state index in [0.29, 0.717) is 6.54 Å². The lowest BCUT2D eigenvalue weighted by Gasteiger charge is -2.25. The lowest BCUT2D eigenvalue weighted by molar-refractivity contribution is -0.136. The normalized spacial score (nSPS) is 13.0. The van der Waals surface area contributed by atoms with E-state index in [-0.39, 0.29) is 6.42 Å². The Labute approximate surface area is 271 Å². The van der Waals surface area contributed by atoms with Crippen molar-refractivity contribution < 1.29 is 9.90 Å². The van der Waals surface area contributed by atoms with Gasteiger partial charge in [-0.2, -0.15) is 0 Å². The third-order valence-corrected chi connectivity index (χ3v) is 9.04. The van der Waals surface area contributed by atoms with Gasteiger partial charge in [0.25, 0.3) is 0 Å². The van der Waals surface area contributed by atoms with Crippen molar-refractivity contribution >= 4 is 5.97 Å². The van der Waals surface area contributed by atoms with E-state index >= 15 is 0 Å². The van der Waals surface area contributed by atoms with Gasteiger partial charge in [-0.1, -0.05) is 133 Å². The van der Waals surface area contributed by atoms with Crippen LogP contribution in [0.1, 0.15) is 160 Å². The molecule has 0 spiro atoms. The fraction of sp³-hybridized carbons (Fsp3) is 0.744. The first-order valence-electron chi connectivity index (χ1n) is 18.7. The van der Waals surface area contributed by atoms with E-state index in [0.717, 1.165) is 13.1 Å². The summed E-state index contributed by atoms with van der Waals surface area (Å²) in [6.07, 6.45) is 43.5. The number of rotatable bonds is 31. The van der Waals surface area contributed by atoms with Crippen LogP contribution in [0.5, 0.6) is 0 Å². The average Bonchev–Trinajstić information content (AvgIpc) is 3.03. The molecule has 1 aliphatic heterocycles. The lowest BCUT2D eigenvalue weighted by atomic mass is 10.0. The monoisotopic (exact) mass is 610 g/mol. The Balaban J connectivity index is 1.27. The summed E-state index contributed by atoms with van der Waals surface area (Å²) >= 11 is 0. The zero-order chi connectivity index (χ0) is 31.2. The predicted molar refractivity (Wildman–Crippen MR) is 188 cm³/mol. The van der Waals surface area contributed by atoms with Crippen LogP contribution >= 0.6 is 0 Å². The van der Waals surface area contributed by atoms with Crippen LogP contribution in [0, 0.1) is 0 Å². The minimum atomic E-state index is -0.716. The second kappa shape index (κ2) is 28.3. The van der Waals surface area contributed by atoms with Crippen LogP contribution < -0.4 is 5.32 Å². The van der Waals surface area contributed by atoms with E-state index in [4.69, 9.17) is 5.11 Å². The van der Waals surface area contributed by atoms with Crippen molar-refractivity contribution in [3.63, 3.8) is 0 Å². The second-order valence-electron chi connectivity index (χ2n) is 13.2. The number of aliphatic carboxylic acids is 1. The van der Waals surface area contributed by atoms with Gasteiger partial charge in [-0.15, -0.1) is 0 Å². The van der Waals surface area contributed by atoms with Crippen molar-refractivity contribution in [3.8, 4) is 0 Å². The first-order chi connectivity index (χ1) is 21.7. The molecular weight excluding hydrogens is 542 g/mol. The molecule has 5 heteroatoms. The highest BCUT2D eigenvalue weighted by Crippen LogP contribution is 2.18. The third kappa shape index (κ3) is 23.3. The molecule has 5 nitrogen and oxygen atoms in total. The van der Waals surface area contributed by atoms with Crippen LogP contribution in [0.4, 0.5) is 0 Å². The standard InChI is InChI=1S/C39H67N3O2/c43-39(44)29-32-40-30-21-17-13-9-5-1-3-8-12-16-20-26-38-28-24-34-42(36-38)33-22-18-14-10-6-2-4-7-11-15-19-25-37-27-23-31-41-35-37/h23-24,27-28,31,34-35,40H,1-22,25-26,29-30,32-33,36H2,(H,43,44). The highest BCUT2D eigenvalue weighted by atomic mass is 16.4. The number of carbonyl (C=O) groups is 1. The molecule has 0 bridgehead atoms. The lowest BCUT2D eigenvalue weighted by Crippen LogP contribution is -2.23. The first-order valence-corrected chi connectivity index (χ1v) is 18.7. The van der Waals surface area contributed by atoms with Crippen molar-refractivity contribution in [2.75, 3.05) is 26.2 Å². The Morgan fingerprint density at radius 1 is 0.705 bits per heavy atom. The number of nitrogens with zero attached hydrogens (tertiary/aromatic N) is 2. The largest absolute Gasteiger partial charge is 0.481 e. The zero-order valence-corrected chi connectivity index (χ0v) is 28.3. The number of pyridine rings is 1. The van der Waals surface area contributed by atoms with Gasteiger partial charge in [0.15, 0.2) is 0 Å².